The van der Waals surface area contributed by atoms with Crippen molar-refractivity contribution in [1.29, 1.82) is 0 Å². The van der Waals surface area contributed by atoms with Crippen molar-refractivity contribution in [2.75, 3.05) is 6.61 Å². The van der Waals surface area contributed by atoms with Gasteiger partial charge in [0.25, 0.3) is 5.24 Å². The highest BCUT2D eigenvalue weighted by Crippen LogP contribution is 2.25. The van der Waals surface area contributed by atoms with Crippen LogP contribution >= 0.6 is 11.8 Å². The number of aromatic nitrogens is 1. The zero-order valence-corrected chi connectivity index (χ0v) is 16.9. The SMILES string of the molecule is CCOC(=O)c1ccc(OCc2nc3cc(CC4SC(=O)NC4=O)ccc3o2)cc1. The monoisotopic (exact) mass is 426 g/mol. The molecule has 0 aliphatic carbocycles. The first-order chi connectivity index (χ1) is 14.5. The van der Waals surface area contributed by atoms with Crippen molar-refractivity contribution in [3.8, 4) is 5.75 Å². The Morgan fingerprint density at radius 3 is 2.70 bits per heavy atom. The molecule has 1 fully saturated rings. The van der Waals surface area contributed by atoms with Gasteiger partial charge in [0.1, 0.15) is 11.3 Å². The van der Waals surface area contributed by atoms with Gasteiger partial charge < -0.3 is 13.9 Å². The fraction of sp³-hybridized carbons (Fsp3) is 0.238. The second kappa shape index (κ2) is 8.58. The Morgan fingerprint density at radius 1 is 1.20 bits per heavy atom. The molecule has 1 aliphatic heterocycles. The normalized spacial score (nSPS) is 16.0. The predicted octanol–water partition coefficient (Wildman–Crippen LogP) is 3.48. The predicted molar refractivity (Wildman–Crippen MR) is 109 cm³/mol. The van der Waals surface area contributed by atoms with Gasteiger partial charge in [0.2, 0.25) is 11.8 Å². The maximum Gasteiger partial charge on any atom is 0.338 e. The van der Waals surface area contributed by atoms with E-state index in [0.717, 1.165) is 17.3 Å². The van der Waals surface area contributed by atoms with Crippen molar-refractivity contribution in [2.45, 2.75) is 25.2 Å². The van der Waals surface area contributed by atoms with Gasteiger partial charge in [0.15, 0.2) is 12.2 Å². The topological polar surface area (TPSA) is 108 Å². The molecule has 9 heteroatoms. The van der Waals surface area contributed by atoms with Crippen LogP contribution in [0.2, 0.25) is 0 Å². The number of hydrogen-bond acceptors (Lipinski definition) is 8. The molecule has 1 N–H and O–H groups in total. The van der Waals surface area contributed by atoms with Crippen molar-refractivity contribution in [1.82, 2.24) is 10.3 Å². The van der Waals surface area contributed by atoms with Crippen LogP contribution in [0.25, 0.3) is 11.1 Å². The third kappa shape index (κ3) is 4.46. The number of carbonyl (C=O) groups excluding carboxylic acids is 3. The zero-order valence-electron chi connectivity index (χ0n) is 16.0. The molecule has 1 unspecified atom stereocenters. The lowest BCUT2D eigenvalue weighted by Crippen LogP contribution is -2.25. The van der Waals surface area contributed by atoms with E-state index < -0.39 is 5.25 Å². The molecule has 2 aromatic carbocycles. The van der Waals surface area contributed by atoms with E-state index in [9.17, 15) is 14.4 Å². The summed E-state index contributed by atoms with van der Waals surface area (Å²) >= 11 is 0.998. The summed E-state index contributed by atoms with van der Waals surface area (Å²) < 4.78 is 16.3. The number of benzene rings is 2. The molecule has 4 rings (SSSR count). The van der Waals surface area contributed by atoms with E-state index in [-0.39, 0.29) is 23.7 Å². The average Bonchev–Trinajstić information content (AvgIpc) is 3.28. The average molecular weight is 426 g/mol. The van der Waals surface area contributed by atoms with Crippen LogP contribution in [0.5, 0.6) is 5.75 Å². The van der Waals surface area contributed by atoms with Gasteiger partial charge in [0, 0.05) is 0 Å². The van der Waals surface area contributed by atoms with Crippen LogP contribution in [-0.2, 0) is 22.6 Å². The molecule has 0 saturated carbocycles. The number of imide groups is 1. The third-order valence-electron chi connectivity index (χ3n) is 4.41. The van der Waals surface area contributed by atoms with Gasteiger partial charge in [0.05, 0.1) is 17.4 Å². The Balaban J connectivity index is 1.39. The highest BCUT2D eigenvalue weighted by atomic mass is 32.2. The van der Waals surface area contributed by atoms with Gasteiger partial charge in [-0.3, -0.25) is 14.9 Å². The Bertz CT molecular complexity index is 1110. The van der Waals surface area contributed by atoms with Crippen molar-refractivity contribution >= 4 is 40.0 Å². The standard InChI is InChI=1S/C21H18N2O6S/c1-2-27-20(25)13-4-6-14(7-5-13)28-11-18-22-15-9-12(3-8-16(15)29-18)10-17-19(24)23-21(26)30-17/h3-9,17H,2,10-11H2,1H3,(H,23,24,26). The van der Waals surface area contributed by atoms with Gasteiger partial charge in [-0.2, -0.15) is 0 Å². The molecule has 30 heavy (non-hydrogen) atoms. The number of oxazole rings is 1. The van der Waals surface area contributed by atoms with Crippen LogP contribution in [0.4, 0.5) is 4.79 Å². The second-order valence-electron chi connectivity index (χ2n) is 6.53. The molecular weight excluding hydrogens is 408 g/mol. The Hall–Kier alpha value is -3.33. The highest BCUT2D eigenvalue weighted by Gasteiger charge is 2.31. The Kier molecular flexibility index (Phi) is 5.71. The Morgan fingerprint density at radius 2 is 2.00 bits per heavy atom. The van der Waals surface area contributed by atoms with Crippen molar-refractivity contribution in [2.24, 2.45) is 0 Å². The molecule has 0 bridgehead atoms. The molecule has 8 nitrogen and oxygen atoms in total. The minimum Gasteiger partial charge on any atom is -0.484 e. The first-order valence-electron chi connectivity index (χ1n) is 9.31. The van der Waals surface area contributed by atoms with E-state index >= 15 is 0 Å². The maximum absolute atomic E-state index is 11.7. The molecular formula is C21H18N2O6S. The molecule has 3 aromatic rings. The third-order valence-corrected chi connectivity index (χ3v) is 5.39. The molecule has 1 aliphatic rings. The van der Waals surface area contributed by atoms with Crippen molar-refractivity contribution in [3.63, 3.8) is 0 Å². The van der Waals surface area contributed by atoms with Crippen LogP contribution in [0.3, 0.4) is 0 Å². The van der Waals surface area contributed by atoms with Crippen LogP contribution < -0.4 is 10.1 Å². The molecule has 1 atom stereocenters. The lowest BCUT2D eigenvalue weighted by Gasteiger charge is -2.05. The van der Waals surface area contributed by atoms with E-state index in [1.807, 2.05) is 12.1 Å². The number of thioether (sulfide) groups is 1. The first-order valence-corrected chi connectivity index (χ1v) is 10.2. The van der Waals surface area contributed by atoms with E-state index in [1.165, 1.54) is 0 Å². The summed E-state index contributed by atoms with van der Waals surface area (Å²) in [5.41, 5.74) is 2.60. The number of nitrogens with one attached hydrogen (secondary N) is 1. The summed E-state index contributed by atoms with van der Waals surface area (Å²) in [5.74, 6) is 0.324. The van der Waals surface area contributed by atoms with Gasteiger partial charge >= 0.3 is 5.97 Å². The van der Waals surface area contributed by atoms with Crippen LogP contribution in [0.1, 0.15) is 28.7 Å². The molecule has 1 saturated heterocycles. The minimum absolute atomic E-state index is 0.123. The fourth-order valence-corrected chi connectivity index (χ4v) is 3.86. The van der Waals surface area contributed by atoms with E-state index in [0.29, 0.717) is 41.3 Å². The quantitative estimate of drug-likeness (QED) is 0.572. The summed E-state index contributed by atoms with van der Waals surface area (Å²) in [7, 11) is 0. The summed E-state index contributed by atoms with van der Waals surface area (Å²) in [5, 5.41) is 1.54. The van der Waals surface area contributed by atoms with Gasteiger partial charge in [-0.05, 0) is 55.3 Å². The zero-order chi connectivity index (χ0) is 21.1. The van der Waals surface area contributed by atoms with E-state index in [4.69, 9.17) is 13.9 Å². The van der Waals surface area contributed by atoms with Crippen LogP contribution in [0.15, 0.2) is 46.9 Å². The number of amides is 2. The van der Waals surface area contributed by atoms with Gasteiger partial charge in [-0.15, -0.1) is 0 Å². The number of carbonyl (C=O) groups is 3. The largest absolute Gasteiger partial charge is 0.484 e. The van der Waals surface area contributed by atoms with Crippen LogP contribution in [0, 0.1) is 0 Å². The Labute approximate surface area is 175 Å². The van der Waals surface area contributed by atoms with Crippen LogP contribution in [-0.4, -0.2) is 34.0 Å². The number of rotatable bonds is 7. The number of esters is 1. The molecule has 0 spiro atoms. The smallest absolute Gasteiger partial charge is 0.338 e. The molecule has 2 amide bonds. The van der Waals surface area contributed by atoms with Gasteiger partial charge in [-0.25, -0.2) is 9.78 Å². The molecule has 0 radical (unpaired) electrons. The highest BCUT2D eigenvalue weighted by molar-refractivity contribution is 8.15. The summed E-state index contributed by atoms with van der Waals surface area (Å²) in [4.78, 5) is 39.1. The van der Waals surface area contributed by atoms with E-state index in [1.54, 1.807) is 37.3 Å². The van der Waals surface area contributed by atoms with Gasteiger partial charge in [-0.1, -0.05) is 17.8 Å². The van der Waals surface area contributed by atoms with Crippen molar-refractivity contribution < 1.29 is 28.3 Å². The number of fused-ring (bicyclic) bond motifs is 1. The molecule has 154 valence electrons. The molecule has 2 heterocycles. The van der Waals surface area contributed by atoms with Crippen molar-refractivity contribution in [3.05, 3.63) is 59.5 Å². The lowest BCUT2D eigenvalue weighted by molar-refractivity contribution is -0.118. The molecule has 1 aromatic heterocycles. The number of nitrogens with zero attached hydrogens (tertiary/aromatic N) is 1. The summed E-state index contributed by atoms with van der Waals surface area (Å²) in [6.45, 7) is 2.20. The summed E-state index contributed by atoms with van der Waals surface area (Å²) in [6.07, 6.45) is 0.434. The second-order valence-corrected chi connectivity index (χ2v) is 7.71. The maximum atomic E-state index is 11.7. The van der Waals surface area contributed by atoms with E-state index in [2.05, 4.69) is 10.3 Å². The first kappa shape index (κ1) is 20.0. The summed E-state index contributed by atoms with van der Waals surface area (Å²) in [6, 6.07) is 12.1. The number of ether oxygens (including phenoxy) is 2. The fourth-order valence-electron chi connectivity index (χ4n) is 3.00. The number of hydrogen-bond donors (Lipinski definition) is 1. The lowest BCUT2D eigenvalue weighted by atomic mass is 10.1. The minimum atomic E-state index is -0.428.